The molecule has 0 aliphatic heterocycles. The maximum atomic E-state index is 6.18. The van der Waals surface area contributed by atoms with Gasteiger partial charge < -0.3 is 11.5 Å². The van der Waals surface area contributed by atoms with E-state index < -0.39 is 0 Å². The van der Waals surface area contributed by atoms with Crippen LogP contribution in [-0.2, 0) is 0 Å². The molecule has 0 saturated heterocycles. The van der Waals surface area contributed by atoms with Gasteiger partial charge in [0, 0.05) is 23.2 Å². The van der Waals surface area contributed by atoms with Gasteiger partial charge in [-0.2, -0.15) is 0 Å². The predicted octanol–water partition coefficient (Wildman–Crippen LogP) is 4.05. The molecule has 0 saturated carbocycles. The first-order valence-electron chi connectivity index (χ1n) is 7.11. The summed E-state index contributed by atoms with van der Waals surface area (Å²) in [6.07, 6.45) is 19.1. The molecule has 102 valence electrons. The highest BCUT2D eigenvalue weighted by atomic mass is 14.6. The molecule has 1 aromatic rings. The summed E-state index contributed by atoms with van der Waals surface area (Å²) in [5.74, 6) is 0.727. The van der Waals surface area contributed by atoms with Crippen LogP contribution in [0.2, 0.25) is 0 Å². The summed E-state index contributed by atoms with van der Waals surface area (Å²) in [7, 11) is 0. The van der Waals surface area contributed by atoms with E-state index in [1.807, 2.05) is 6.07 Å². The molecular weight excluding hydrogens is 244 g/mol. The molecule has 2 heteroatoms. The van der Waals surface area contributed by atoms with Gasteiger partial charge in [0.25, 0.3) is 0 Å². The largest absolute Gasteiger partial charge is 0.398 e. The smallest absolute Gasteiger partial charge is 0.0373 e. The molecule has 3 rings (SSSR count). The van der Waals surface area contributed by atoms with Crippen LogP contribution in [-0.4, -0.2) is 0 Å². The molecule has 0 radical (unpaired) electrons. The second-order valence-electron chi connectivity index (χ2n) is 5.42. The standard InChI is InChI=1S/C18H20N2/c19-17-12-18(20)16(14-9-5-2-6-10-14)11-15(17)13-7-3-1-4-8-13/h1-7,9,11-14H,8,10,19-20H2. The summed E-state index contributed by atoms with van der Waals surface area (Å²) in [4.78, 5) is 0. The third kappa shape index (κ3) is 2.42. The van der Waals surface area contributed by atoms with Gasteiger partial charge in [0.05, 0.1) is 0 Å². The number of hydrogen-bond acceptors (Lipinski definition) is 2. The number of rotatable bonds is 2. The number of allylic oxidation sites excluding steroid dienone is 8. The Morgan fingerprint density at radius 3 is 1.60 bits per heavy atom. The summed E-state index contributed by atoms with van der Waals surface area (Å²) in [6, 6.07) is 4.12. The molecule has 2 aliphatic rings. The molecule has 2 atom stereocenters. The monoisotopic (exact) mass is 264 g/mol. The molecule has 0 amide bonds. The zero-order valence-corrected chi connectivity index (χ0v) is 11.5. The summed E-state index contributed by atoms with van der Waals surface area (Å²) >= 11 is 0. The number of nitrogen functional groups attached to an aromatic ring is 2. The van der Waals surface area contributed by atoms with Crippen LogP contribution >= 0.6 is 0 Å². The number of benzene rings is 1. The topological polar surface area (TPSA) is 52.0 Å². The second kappa shape index (κ2) is 5.41. The molecular formula is C18H20N2. The van der Waals surface area contributed by atoms with Gasteiger partial charge in [-0.3, -0.25) is 0 Å². The molecule has 2 nitrogen and oxygen atoms in total. The van der Waals surface area contributed by atoms with Crippen LogP contribution in [0.15, 0.2) is 60.7 Å². The fourth-order valence-corrected chi connectivity index (χ4v) is 2.93. The zero-order chi connectivity index (χ0) is 13.9. The highest BCUT2D eigenvalue weighted by Gasteiger charge is 2.18. The van der Waals surface area contributed by atoms with Gasteiger partial charge in [-0.05, 0) is 30.0 Å². The van der Waals surface area contributed by atoms with Gasteiger partial charge in [-0.15, -0.1) is 0 Å². The Morgan fingerprint density at radius 1 is 0.700 bits per heavy atom. The van der Waals surface area contributed by atoms with E-state index in [0.29, 0.717) is 11.8 Å². The van der Waals surface area contributed by atoms with Crippen LogP contribution in [0, 0.1) is 0 Å². The van der Waals surface area contributed by atoms with Crippen molar-refractivity contribution in [2.75, 3.05) is 11.5 Å². The summed E-state index contributed by atoms with van der Waals surface area (Å²) < 4.78 is 0. The second-order valence-corrected chi connectivity index (χ2v) is 5.42. The van der Waals surface area contributed by atoms with E-state index in [9.17, 15) is 0 Å². The lowest BCUT2D eigenvalue weighted by molar-refractivity contribution is 0.829. The lowest BCUT2D eigenvalue weighted by Gasteiger charge is -2.22. The molecule has 0 heterocycles. The molecule has 0 bridgehead atoms. The van der Waals surface area contributed by atoms with E-state index in [1.165, 1.54) is 11.1 Å². The normalized spacial score (nSPS) is 24.2. The summed E-state index contributed by atoms with van der Waals surface area (Å²) in [5.41, 5.74) is 16.3. The van der Waals surface area contributed by atoms with Crippen LogP contribution in [0.4, 0.5) is 11.4 Å². The van der Waals surface area contributed by atoms with E-state index in [2.05, 4.69) is 54.7 Å². The first kappa shape index (κ1) is 12.8. The first-order chi connectivity index (χ1) is 9.75. The van der Waals surface area contributed by atoms with Gasteiger partial charge in [-0.25, -0.2) is 0 Å². The molecule has 0 fully saturated rings. The highest BCUT2D eigenvalue weighted by Crippen LogP contribution is 2.37. The van der Waals surface area contributed by atoms with Crippen LogP contribution in [0.3, 0.4) is 0 Å². The van der Waals surface area contributed by atoms with Crippen molar-refractivity contribution in [2.45, 2.75) is 24.7 Å². The van der Waals surface area contributed by atoms with Crippen molar-refractivity contribution in [3.8, 4) is 0 Å². The van der Waals surface area contributed by atoms with Crippen LogP contribution in [0.25, 0.3) is 0 Å². The Kier molecular flexibility index (Phi) is 3.46. The van der Waals surface area contributed by atoms with Crippen molar-refractivity contribution >= 4 is 11.4 Å². The Morgan fingerprint density at radius 2 is 1.20 bits per heavy atom. The molecule has 20 heavy (non-hydrogen) atoms. The van der Waals surface area contributed by atoms with Crippen LogP contribution in [0.5, 0.6) is 0 Å². The molecule has 2 unspecified atom stereocenters. The minimum atomic E-state index is 0.363. The van der Waals surface area contributed by atoms with Crippen molar-refractivity contribution in [3.05, 3.63) is 71.9 Å². The van der Waals surface area contributed by atoms with Gasteiger partial charge in [0.1, 0.15) is 0 Å². The summed E-state index contributed by atoms with van der Waals surface area (Å²) in [6.45, 7) is 0. The van der Waals surface area contributed by atoms with E-state index in [-0.39, 0.29) is 0 Å². The maximum absolute atomic E-state index is 6.18. The van der Waals surface area contributed by atoms with Gasteiger partial charge in [0.2, 0.25) is 0 Å². The first-order valence-corrected chi connectivity index (χ1v) is 7.11. The Bertz CT molecular complexity index is 569. The van der Waals surface area contributed by atoms with Crippen molar-refractivity contribution in [1.82, 2.24) is 0 Å². The molecule has 1 aromatic carbocycles. The van der Waals surface area contributed by atoms with Crippen molar-refractivity contribution < 1.29 is 0 Å². The third-order valence-electron chi connectivity index (χ3n) is 4.05. The van der Waals surface area contributed by atoms with Crippen LogP contribution < -0.4 is 11.5 Å². The molecule has 4 N–H and O–H groups in total. The van der Waals surface area contributed by atoms with E-state index in [0.717, 1.165) is 24.2 Å². The number of hydrogen-bond donors (Lipinski definition) is 2. The summed E-state index contributed by atoms with van der Waals surface area (Å²) in [5, 5.41) is 0. The maximum Gasteiger partial charge on any atom is 0.0373 e. The van der Waals surface area contributed by atoms with E-state index >= 15 is 0 Å². The lowest BCUT2D eigenvalue weighted by Crippen LogP contribution is -2.08. The Balaban J connectivity index is 1.99. The highest BCUT2D eigenvalue weighted by molar-refractivity contribution is 5.64. The number of nitrogens with two attached hydrogens (primary N) is 2. The third-order valence-corrected chi connectivity index (χ3v) is 4.05. The number of anilines is 2. The quantitative estimate of drug-likeness (QED) is 0.792. The lowest BCUT2D eigenvalue weighted by atomic mass is 9.85. The molecule has 0 spiro atoms. The average Bonchev–Trinajstić information content (AvgIpc) is 2.49. The average molecular weight is 264 g/mol. The van der Waals surface area contributed by atoms with Crippen LogP contribution in [0.1, 0.15) is 35.8 Å². The van der Waals surface area contributed by atoms with E-state index in [4.69, 9.17) is 11.5 Å². The fourth-order valence-electron chi connectivity index (χ4n) is 2.93. The van der Waals surface area contributed by atoms with Gasteiger partial charge >= 0.3 is 0 Å². The van der Waals surface area contributed by atoms with Gasteiger partial charge in [0.15, 0.2) is 0 Å². The Hall–Kier alpha value is -2.22. The zero-order valence-electron chi connectivity index (χ0n) is 11.5. The molecule has 0 aromatic heterocycles. The minimum Gasteiger partial charge on any atom is -0.398 e. The van der Waals surface area contributed by atoms with E-state index in [1.54, 1.807) is 0 Å². The fraction of sp³-hybridized carbons (Fsp3) is 0.222. The predicted molar refractivity (Wildman–Crippen MR) is 86.5 cm³/mol. The SMILES string of the molecule is Nc1cc(N)c(C2C=CC=CC2)cc1C1C=CC=CC1. The van der Waals surface area contributed by atoms with Gasteiger partial charge in [-0.1, -0.05) is 54.7 Å². The minimum absolute atomic E-state index is 0.363. The van der Waals surface area contributed by atoms with Crippen molar-refractivity contribution in [2.24, 2.45) is 0 Å². The van der Waals surface area contributed by atoms with Crippen molar-refractivity contribution in [3.63, 3.8) is 0 Å². The van der Waals surface area contributed by atoms with Crippen molar-refractivity contribution in [1.29, 1.82) is 0 Å². The Labute approximate surface area is 120 Å². The molecule has 2 aliphatic carbocycles.